The molecule has 0 fully saturated rings. The lowest BCUT2D eigenvalue weighted by Gasteiger charge is -2.19. The number of nitrogens with one attached hydrogen (secondary N) is 1. The lowest BCUT2D eigenvalue weighted by atomic mass is 9.87. The molecule has 0 amide bonds. The third kappa shape index (κ3) is 4.93. The summed E-state index contributed by atoms with van der Waals surface area (Å²) in [5.74, 6) is 1.41. The summed E-state index contributed by atoms with van der Waals surface area (Å²) in [7, 11) is 0.911. The maximum absolute atomic E-state index is 12.6. The molecule has 148 valence electrons. The van der Waals surface area contributed by atoms with Gasteiger partial charge in [-0.1, -0.05) is 32.9 Å². The Morgan fingerprint density at radius 3 is 1.81 bits per heavy atom. The number of ether oxygens (including phenoxy) is 3. The normalized spacial score (nSPS) is 11.9. The monoisotopic (exact) mass is 393 g/mol. The zero-order chi connectivity index (χ0) is 20.2. The summed E-state index contributed by atoms with van der Waals surface area (Å²) in [5.41, 5.74) is 1.73. The third-order valence-corrected chi connectivity index (χ3v) is 5.64. The van der Waals surface area contributed by atoms with Gasteiger partial charge < -0.3 is 14.2 Å². The van der Waals surface area contributed by atoms with Crippen LogP contribution in [-0.2, 0) is 22.0 Å². The molecular weight excluding hydrogens is 366 g/mol. The quantitative estimate of drug-likeness (QED) is 0.779. The van der Waals surface area contributed by atoms with Gasteiger partial charge in [0.15, 0.2) is 11.5 Å². The molecule has 0 spiro atoms. The van der Waals surface area contributed by atoms with Gasteiger partial charge in [0.2, 0.25) is 15.8 Å². The van der Waals surface area contributed by atoms with Crippen molar-refractivity contribution in [2.45, 2.75) is 37.6 Å². The fourth-order valence-electron chi connectivity index (χ4n) is 2.63. The van der Waals surface area contributed by atoms with Crippen LogP contribution in [0.1, 0.15) is 31.9 Å². The third-order valence-electron chi connectivity index (χ3n) is 4.22. The van der Waals surface area contributed by atoms with Gasteiger partial charge in [-0.3, -0.25) is 0 Å². The standard InChI is InChI=1S/C20H27NO5S/c1-20(2,3)15-7-9-16(10-8-15)27(22,23)21-13-14-11-17(24-4)19(26-6)18(12-14)25-5/h7-12,21H,13H2,1-6H3. The zero-order valence-corrected chi connectivity index (χ0v) is 17.4. The molecule has 2 rings (SSSR count). The summed E-state index contributed by atoms with van der Waals surface area (Å²) in [6.45, 7) is 6.34. The van der Waals surface area contributed by atoms with E-state index in [4.69, 9.17) is 14.2 Å². The summed E-state index contributed by atoms with van der Waals surface area (Å²) in [6.07, 6.45) is 0. The van der Waals surface area contributed by atoms with Crippen LogP contribution >= 0.6 is 0 Å². The Hall–Kier alpha value is -2.25. The summed E-state index contributed by atoms with van der Waals surface area (Å²) < 4.78 is 43.7. The van der Waals surface area contributed by atoms with Crippen molar-refractivity contribution in [1.29, 1.82) is 0 Å². The summed E-state index contributed by atoms with van der Waals surface area (Å²) in [4.78, 5) is 0.225. The second-order valence-electron chi connectivity index (χ2n) is 7.13. The van der Waals surface area contributed by atoms with E-state index in [0.717, 1.165) is 5.56 Å². The Balaban J connectivity index is 2.22. The smallest absolute Gasteiger partial charge is 0.240 e. The number of hydrogen-bond donors (Lipinski definition) is 1. The highest BCUT2D eigenvalue weighted by Gasteiger charge is 2.19. The van der Waals surface area contributed by atoms with Crippen molar-refractivity contribution >= 4 is 10.0 Å². The van der Waals surface area contributed by atoms with Gasteiger partial charge in [0.05, 0.1) is 26.2 Å². The molecule has 7 heteroatoms. The molecule has 0 aliphatic rings. The highest BCUT2D eigenvalue weighted by atomic mass is 32.2. The Bertz CT molecular complexity index is 859. The molecule has 27 heavy (non-hydrogen) atoms. The highest BCUT2D eigenvalue weighted by Crippen LogP contribution is 2.38. The van der Waals surface area contributed by atoms with Crippen LogP contribution in [-0.4, -0.2) is 29.7 Å². The Morgan fingerprint density at radius 2 is 1.41 bits per heavy atom. The minimum absolute atomic E-state index is 0.0358. The summed E-state index contributed by atoms with van der Waals surface area (Å²) >= 11 is 0. The molecule has 0 heterocycles. The Kier molecular flexibility index (Phi) is 6.38. The molecule has 0 aliphatic heterocycles. The van der Waals surface area contributed by atoms with Crippen molar-refractivity contribution in [1.82, 2.24) is 4.72 Å². The van der Waals surface area contributed by atoms with Gasteiger partial charge in [-0.25, -0.2) is 13.1 Å². The van der Waals surface area contributed by atoms with Crippen LogP contribution in [0.15, 0.2) is 41.3 Å². The average molecular weight is 394 g/mol. The predicted octanol–water partition coefficient (Wildman–Crippen LogP) is 3.49. The van der Waals surface area contributed by atoms with Crippen LogP contribution in [0.5, 0.6) is 17.2 Å². The molecule has 0 radical (unpaired) electrons. The Labute approximate surface area is 161 Å². The van der Waals surface area contributed by atoms with Crippen LogP contribution in [0, 0.1) is 0 Å². The molecule has 0 bridgehead atoms. The van der Waals surface area contributed by atoms with Gasteiger partial charge >= 0.3 is 0 Å². The van der Waals surface area contributed by atoms with E-state index >= 15 is 0 Å². The van der Waals surface area contributed by atoms with Crippen LogP contribution in [0.25, 0.3) is 0 Å². The van der Waals surface area contributed by atoms with Crippen LogP contribution < -0.4 is 18.9 Å². The van der Waals surface area contributed by atoms with E-state index in [0.29, 0.717) is 22.8 Å². The van der Waals surface area contributed by atoms with Gasteiger partial charge in [-0.05, 0) is 40.8 Å². The van der Waals surface area contributed by atoms with Crippen molar-refractivity contribution in [3.05, 3.63) is 47.5 Å². The topological polar surface area (TPSA) is 73.9 Å². The fraction of sp³-hybridized carbons (Fsp3) is 0.400. The van der Waals surface area contributed by atoms with E-state index in [-0.39, 0.29) is 16.9 Å². The van der Waals surface area contributed by atoms with Crippen molar-refractivity contribution in [2.24, 2.45) is 0 Å². The summed E-state index contributed by atoms with van der Waals surface area (Å²) in [5, 5.41) is 0. The highest BCUT2D eigenvalue weighted by molar-refractivity contribution is 7.89. The first kappa shape index (κ1) is 21.1. The maximum atomic E-state index is 12.6. The molecule has 2 aromatic carbocycles. The van der Waals surface area contributed by atoms with E-state index in [9.17, 15) is 8.42 Å². The summed E-state index contributed by atoms with van der Waals surface area (Å²) in [6, 6.07) is 10.4. The minimum Gasteiger partial charge on any atom is -0.493 e. The van der Waals surface area contributed by atoms with Crippen LogP contribution in [0.3, 0.4) is 0 Å². The van der Waals surface area contributed by atoms with Crippen molar-refractivity contribution in [3.8, 4) is 17.2 Å². The van der Waals surface area contributed by atoms with Gasteiger partial charge in [-0.15, -0.1) is 0 Å². The number of rotatable bonds is 7. The fourth-order valence-corrected chi connectivity index (χ4v) is 3.65. The van der Waals surface area contributed by atoms with Gasteiger partial charge in [0.25, 0.3) is 0 Å². The number of hydrogen-bond acceptors (Lipinski definition) is 5. The predicted molar refractivity (Wildman–Crippen MR) is 105 cm³/mol. The molecule has 1 N–H and O–H groups in total. The van der Waals surface area contributed by atoms with Gasteiger partial charge in [0.1, 0.15) is 0 Å². The molecule has 0 atom stereocenters. The van der Waals surface area contributed by atoms with E-state index in [1.165, 1.54) is 21.3 Å². The number of sulfonamides is 1. The molecule has 0 aromatic heterocycles. The molecule has 2 aromatic rings. The van der Waals surface area contributed by atoms with Crippen LogP contribution in [0.2, 0.25) is 0 Å². The molecule has 0 aliphatic carbocycles. The number of methoxy groups -OCH3 is 3. The number of benzene rings is 2. The first-order valence-electron chi connectivity index (χ1n) is 8.51. The van der Waals surface area contributed by atoms with E-state index < -0.39 is 10.0 Å². The second-order valence-corrected chi connectivity index (χ2v) is 8.90. The molecular formula is C20H27NO5S. The van der Waals surface area contributed by atoms with Crippen LogP contribution in [0.4, 0.5) is 0 Å². The lowest BCUT2D eigenvalue weighted by Crippen LogP contribution is -2.23. The van der Waals surface area contributed by atoms with Crippen molar-refractivity contribution < 1.29 is 22.6 Å². The molecule has 6 nitrogen and oxygen atoms in total. The lowest BCUT2D eigenvalue weighted by molar-refractivity contribution is 0.323. The Morgan fingerprint density at radius 1 is 0.889 bits per heavy atom. The first-order valence-corrected chi connectivity index (χ1v) is 10.00. The molecule has 0 saturated carbocycles. The minimum atomic E-state index is -3.64. The van der Waals surface area contributed by atoms with Crippen molar-refractivity contribution in [3.63, 3.8) is 0 Å². The van der Waals surface area contributed by atoms with Gasteiger partial charge in [-0.2, -0.15) is 0 Å². The van der Waals surface area contributed by atoms with Gasteiger partial charge in [0, 0.05) is 6.54 Å². The van der Waals surface area contributed by atoms with Crippen molar-refractivity contribution in [2.75, 3.05) is 21.3 Å². The SMILES string of the molecule is COc1cc(CNS(=O)(=O)c2ccc(C(C)(C)C)cc2)cc(OC)c1OC. The van der Waals surface area contributed by atoms with E-state index in [2.05, 4.69) is 25.5 Å². The largest absolute Gasteiger partial charge is 0.493 e. The van der Waals surface area contributed by atoms with E-state index in [1.807, 2.05) is 12.1 Å². The maximum Gasteiger partial charge on any atom is 0.240 e. The average Bonchev–Trinajstić information content (AvgIpc) is 2.64. The molecule has 0 saturated heterocycles. The zero-order valence-electron chi connectivity index (χ0n) is 16.6. The van der Waals surface area contributed by atoms with E-state index in [1.54, 1.807) is 24.3 Å². The second kappa shape index (κ2) is 8.19. The first-order chi connectivity index (χ1) is 12.6. The molecule has 0 unspecified atom stereocenters.